The van der Waals surface area contributed by atoms with Gasteiger partial charge in [-0.05, 0) is 18.6 Å². The molecule has 0 bridgehead atoms. The third kappa shape index (κ3) is 2.71. The number of carbonyl (C=O) groups is 1. The van der Waals surface area contributed by atoms with Crippen LogP contribution in [0.3, 0.4) is 0 Å². The molecule has 9 nitrogen and oxygen atoms in total. The van der Waals surface area contributed by atoms with E-state index in [-0.39, 0.29) is 17.6 Å². The Morgan fingerprint density at radius 3 is 2.80 bits per heavy atom. The van der Waals surface area contributed by atoms with E-state index in [9.17, 15) is 14.9 Å². The van der Waals surface area contributed by atoms with Crippen molar-refractivity contribution in [3.05, 3.63) is 39.4 Å². The van der Waals surface area contributed by atoms with Crippen LogP contribution >= 0.6 is 0 Å². The number of ether oxygens (including phenoxy) is 1. The monoisotopic (exact) mass is 277 g/mol. The Hall–Kier alpha value is -2.97. The average Bonchev–Trinajstić information content (AvgIpc) is 2.85. The van der Waals surface area contributed by atoms with Gasteiger partial charge in [-0.2, -0.15) is 4.98 Å². The Balaban J connectivity index is 2.18. The molecule has 0 radical (unpaired) electrons. The fourth-order valence-corrected chi connectivity index (χ4v) is 1.58. The maximum absolute atomic E-state index is 12.0. The van der Waals surface area contributed by atoms with E-state index in [1.165, 1.54) is 25.3 Å². The van der Waals surface area contributed by atoms with Gasteiger partial charge >= 0.3 is 6.01 Å². The predicted molar refractivity (Wildman–Crippen MR) is 68.7 cm³/mol. The van der Waals surface area contributed by atoms with Crippen LogP contribution in [0.15, 0.2) is 18.2 Å². The van der Waals surface area contributed by atoms with Crippen LogP contribution in [0.5, 0.6) is 6.01 Å². The third-order valence-electron chi connectivity index (χ3n) is 2.54. The first-order chi connectivity index (χ1) is 9.51. The summed E-state index contributed by atoms with van der Waals surface area (Å²) in [7, 11) is 1.40. The van der Waals surface area contributed by atoms with Gasteiger partial charge < -0.3 is 4.74 Å². The van der Waals surface area contributed by atoms with Gasteiger partial charge in [-0.1, -0.05) is 0 Å². The highest BCUT2D eigenvalue weighted by Crippen LogP contribution is 2.18. The number of non-ortho nitro benzene ring substituents is 1. The molecule has 1 amide bonds. The molecule has 0 unspecified atom stereocenters. The van der Waals surface area contributed by atoms with Crippen molar-refractivity contribution in [2.75, 3.05) is 12.4 Å². The summed E-state index contributed by atoms with van der Waals surface area (Å²) < 4.78 is 4.77. The smallest absolute Gasteiger partial charge is 0.336 e. The number of nitrogens with zero attached hydrogens (tertiary/aromatic N) is 3. The second-order valence-corrected chi connectivity index (χ2v) is 3.88. The number of aryl methyl sites for hydroxylation is 1. The first-order valence-electron chi connectivity index (χ1n) is 5.54. The minimum Gasteiger partial charge on any atom is -0.466 e. The van der Waals surface area contributed by atoms with E-state index in [2.05, 4.69) is 20.5 Å². The van der Waals surface area contributed by atoms with Crippen molar-refractivity contribution >= 4 is 17.5 Å². The molecule has 9 heteroatoms. The summed E-state index contributed by atoms with van der Waals surface area (Å²) in [5.74, 6) is -0.319. The van der Waals surface area contributed by atoms with E-state index in [1.807, 2.05) is 0 Å². The highest BCUT2D eigenvalue weighted by atomic mass is 16.6. The molecule has 1 heterocycles. The lowest BCUT2D eigenvalue weighted by molar-refractivity contribution is -0.384. The lowest BCUT2D eigenvalue weighted by Crippen LogP contribution is -2.14. The number of nitro benzene ring substituents is 1. The Kier molecular flexibility index (Phi) is 3.60. The standard InChI is InChI=1S/C11H11N5O4/c1-6-5-7(16(18)19)3-4-8(6)9(17)12-10-13-11(20-2)15-14-10/h3-5H,1-2H3,(H2,12,13,14,15,17). The van der Waals surface area contributed by atoms with Gasteiger partial charge in [0.05, 0.1) is 12.0 Å². The van der Waals surface area contributed by atoms with E-state index in [4.69, 9.17) is 4.74 Å². The molecular weight excluding hydrogens is 266 g/mol. The fourth-order valence-electron chi connectivity index (χ4n) is 1.58. The van der Waals surface area contributed by atoms with Crippen LogP contribution < -0.4 is 10.1 Å². The molecule has 1 aromatic carbocycles. The number of hydrogen-bond donors (Lipinski definition) is 2. The minimum atomic E-state index is -0.518. The molecule has 104 valence electrons. The lowest BCUT2D eigenvalue weighted by atomic mass is 10.1. The van der Waals surface area contributed by atoms with E-state index < -0.39 is 10.8 Å². The number of nitro groups is 1. The molecule has 1 aromatic heterocycles. The number of H-pyrrole nitrogens is 1. The van der Waals surface area contributed by atoms with Gasteiger partial charge in [0, 0.05) is 17.7 Å². The van der Waals surface area contributed by atoms with E-state index in [0.29, 0.717) is 11.1 Å². The van der Waals surface area contributed by atoms with E-state index in [0.717, 1.165) is 0 Å². The molecule has 2 N–H and O–H groups in total. The topological polar surface area (TPSA) is 123 Å². The zero-order valence-electron chi connectivity index (χ0n) is 10.7. The number of benzene rings is 1. The summed E-state index contributed by atoms with van der Waals surface area (Å²) in [6.07, 6.45) is 0. The van der Waals surface area contributed by atoms with Gasteiger partial charge in [0.25, 0.3) is 11.6 Å². The molecule has 0 saturated heterocycles. The van der Waals surface area contributed by atoms with Gasteiger partial charge in [-0.25, -0.2) is 5.10 Å². The van der Waals surface area contributed by atoms with Crippen LogP contribution in [0.4, 0.5) is 11.6 Å². The van der Waals surface area contributed by atoms with Crippen molar-refractivity contribution < 1.29 is 14.5 Å². The third-order valence-corrected chi connectivity index (χ3v) is 2.54. The average molecular weight is 277 g/mol. The summed E-state index contributed by atoms with van der Waals surface area (Å²) in [6.45, 7) is 1.61. The Morgan fingerprint density at radius 1 is 1.50 bits per heavy atom. The van der Waals surface area contributed by atoms with Crippen molar-refractivity contribution in [3.63, 3.8) is 0 Å². The van der Waals surface area contributed by atoms with Crippen LogP contribution in [0.2, 0.25) is 0 Å². The molecule has 20 heavy (non-hydrogen) atoms. The molecule has 0 spiro atoms. The van der Waals surface area contributed by atoms with Gasteiger partial charge in [0.2, 0.25) is 5.95 Å². The van der Waals surface area contributed by atoms with Crippen LogP contribution in [0.1, 0.15) is 15.9 Å². The number of hydrogen-bond acceptors (Lipinski definition) is 6. The molecule has 0 aliphatic rings. The fraction of sp³-hybridized carbons (Fsp3) is 0.182. The second kappa shape index (κ2) is 5.34. The predicted octanol–water partition coefficient (Wildman–Crippen LogP) is 1.28. The maximum atomic E-state index is 12.0. The SMILES string of the molecule is COc1n[nH]c(NC(=O)c2ccc([N+](=O)[O-])cc2C)n1. The van der Waals surface area contributed by atoms with Crippen LogP contribution in [-0.4, -0.2) is 33.1 Å². The largest absolute Gasteiger partial charge is 0.466 e. The zero-order chi connectivity index (χ0) is 14.7. The van der Waals surface area contributed by atoms with Crippen molar-refractivity contribution in [2.24, 2.45) is 0 Å². The minimum absolute atomic E-state index is 0.0691. The normalized spacial score (nSPS) is 10.1. The Bertz CT molecular complexity index is 667. The maximum Gasteiger partial charge on any atom is 0.336 e. The molecule has 0 aliphatic carbocycles. The quantitative estimate of drug-likeness (QED) is 0.641. The molecule has 0 fully saturated rings. The second-order valence-electron chi connectivity index (χ2n) is 3.88. The number of rotatable bonds is 4. The van der Waals surface area contributed by atoms with Gasteiger partial charge in [-0.3, -0.25) is 20.2 Å². The number of carbonyl (C=O) groups excluding carboxylic acids is 1. The molecule has 0 atom stereocenters. The summed E-state index contributed by atoms with van der Waals surface area (Å²) in [5, 5.41) is 19.3. The van der Waals surface area contributed by atoms with E-state index in [1.54, 1.807) is 6.92 Å². The van der Waals surface area contributed by atoms with Crippen molar-refractivity contribution in [2.45, 2.75) is 6.92 Å². The number of aromatic amines is 1. The number of nitrogens with one attached hydrogen (secondary N) is 2. The molecule has 0 saturated carbocycles. The zero-order valence-corrected chi connectivity index (χ0v) is 10.7. The molecule has 0 aliphatic heterocycles. The van der Waals surface area contributed by atoms with Gasteiger partial charge in [-0.15, -0.1) is 5.10 Å². The lowest BCUT2D eigenvalue weighted by Gasteiger charge is -2.04. The summed E-state index contributed by atoms with van der Waals surface area (Å²) in [5.41, 5.74) is 0.731. The van der Waals surface area contributed by atoms with Crippen LogP contribution in [-0.2, 0) is 0 Å². The number of anilines is 1. The summed E-state index contributed by atoms with van der Waals surface area (Å²) in [6, 6.07) is 4.08. The van der Waals surface area contributed by atoms with Crippen LogP contribution in [0, 0.1) is 17.0 Å². The number of amides is 1. The first kappa shape index (κ1) is 13.5. The van der Waals surface area contributed by atoms with E-state index >= 15 is 0 Å². The number of methoxy groups -OCH3 is 1. The Labute approximate surface area is 113 Å². The highest BCUT2D eigenvalue weighted by Gasteiger charge is 2.15. The van der Waals surface area contributed by atoms with Crippen LogP contribution in [0.25, 0.3) is 0 Å². The first-order valence-corrected chi connectivity index (χ1v) is 5.54. The number of aromatic nitrogens is 3. The van der Waals surface area contributed by atoms with Crippen molar-refractivity contribution in [1.29, 1.82) is 0 Å². The molecule has 2 aromatic rings. The Morgan fingerprint density at radius 2 is 2.25 bits per heavy atom. The highest BCUT2D eigenvalue weighted by molar-refractivity contribution is 6.04. The van der Waals surface area contributed by atoms with Gasteiger partial charge in [0.15, 0.2) is 0 Å². The molecular formula is C11H11N5O4. The summed E-state index contributed by atoms with van der Waals surface area (Å²) in [4.78, 5) is 26.0. The van der Waals surface area contributed by atoms with Gasteiger partial charge in [0.1, 0.15) is 0 Å². The summed E-state index contributed by atoms with van der Waals surface area (Å²) >= 11 is 0. The van der Waals surface area contributed by atoms with Crippen molar-refractivity contribution in [3.8, 4) is 6.01 Å². The van der Waals surface area contributed by atoms with Crippen molar-refractivity contribution in [1.82, 2.24) is 15.2 Å². The molecule has 2 rings (SSSR count).